The Bertz CT molecular complexity index is 901. The number of carbonyl (C=O) groups is 1. The molecule has 2 rings (SSSR count). The lowest BCUT2D eigenvalue weighted by molar-refractivity contribution is -0.384. The van der Waals surface area contributed by atoms with E-state index in [4.69, 9.17) is 11.6 Å². The molecule has 2 aromatic rings. The molecule has 1 atom stereocenters. The number of carboxylic acids is 1. The summed E-state index contributed by atoms with van der Waals surface area (Å²) in [7, 11) is -4.32. The Balaban J connectivity index is 2.28. The summed E-state index contributed by atoms with van der Waals surface area (Å²) in [6.45, 7) is 0. The molecule has 0 aliphatic carbocycles. The number of carbonyl (C=O) groups excluding carboxylic acids is 1. The van der Waals surface area contributed by atoms with Crippen molar-refractivity contribution in [2.75, 3.05) is 0 Å². The predicted octanol–water partition coefficient (Wildman–Crippen LogP) is 0.888. The lowest BCUT2D eigenvalue weighted by Gasteiger charge is -2.20. The highest BCUT2D eigenvalue weighted by Crippen LogP contribution is 2.26. The number of sulfonamides is 1. The molecule has 0 fully saturated rings. The number of benzene rings is 2. The van der Waals surface area contributed by atoms with E-state index in [1.807, 2.05) is 4.72 Å². The van der Waals surface area contributed by atoms with Crippen LogP contribution in [0.5, 0.6) is 0 Å². The summed E-state index contributed by atoms with van der Waals surface area (Å²) in [5.41, 5.74) is 0.207. The normalized spacial score (nSPS) is 12.5. The van der Waals surface area contributed by atoms with Crippen LogP contribution in [-0.4, -0.2) is 25.4 Å². The molecule has 132 valence electrons. The molecule has 0 aliphatic heterocycles. The van der Waals surface area contributed by atoms with Gasteiger partial charge in [-0.05, 0) is 18.1 Å². The van der Waals surface area contributed by atoms with Crippen molar-refractivity contribution in [1.82, 2.24) is 4.72 Å². The van der Waals surface area contributed by atoms with Crippen molar-refractivity contribution >= 4 is 33.3 Å². The Labute approximate surface area is 148 Å². The van der Waals surface area contributed by atoms with Crippen molar-refractivity contribution in [3.8, 4) is 0 Å². The highest BCUT2D eigenvalue weighted by Gasteiger charge is 2.25. The minimum Gasteiger partial charge on any atom is -0.548 e. The number of nitrogens with zero attached hydrogens (tertiary/aromatic N) is 1. The molecule has 10 heteroatoms. The van der Waals surface area contributed by atoms with Gasteiger partial charge in [0.05, 0.1) is 22.0 Å². The Morgan fingerprint density at radius 2 is 1.84 bits per heavy atom. The number of carboxylic acid groups (broad SMARTS) is 1. The molecule has 1 N–H and O–H groups in total. The van der Waals surface area contributed by atoms with Crippen molar-refractivity contribution in [2.45, 2.75) is 17.4 Å². The van der Waals surface area contributed by atoms with E-state index in [1.54, 1.807) is 30.3 Å². The maximum atomic E-state index is 12.4. The van der Waals surface area contributed by atoms with Gasteiger partial charge in [-0.3, -0.25) is 10.1 Å². The van der Waals surface area contributed by atoms with E-state index >= 15 is 0 Å². The standard InChI is InChI=1S/C15H13ClN2O6S/c16-12-9-11(18(21)22)6-7-14(12)25(23,24)17-13(15(19)20)8-10-4-2-1-3-5-10/h1-7,9,13,17H,8H2,(H,19,20)/p-1/t13-/m1/s1. The summed E-state index contributed by atoms with van der Waals surface area (Å²) in [5, 5.41) is 21.6. The van der Waals surface area contributed by atoms with Gasteiger partial charge in [0.1, 0.15) is 4.90 Å². The number of hydrogen-bond acceptors (Lipinski definition) is 6. The van der Waals surface area contributed by atoms with Gasteiger partial charge in [0.2, 0.25) is 10.0 Å². The average Bonchev–Trinajstić information content (AvgIpc) is 2.54. The van der Waals surface area contributed by atoms with Crippen LogP contribution in [0.15, 0.2) is 53.4 Å². The monoisotopic (exact) mass is 383 g/mol. The third-order valence-electron chi connectivity index (χ3n) is 3.28. The highest BCUT2D eigenvalue weighted by molar-refractivity contribution is 7.89. The number of aliphatic carboxylic acids is 1. The Hall–Kier alpha value is -2.49. The van der Waals surface area contributed by atoms with Crippen LogP contribution in [0, 0.1) is 10.1 Å². The van der Waals surface area contributed by atoms with Crippen molar-refractivity contribution in [3.05, 3.63) is 69.2 Å². The number of nitrogens with one attached hydrogen (secondary N) is 1. The van der Waals surface area contributed by atoms with E-state index in [2.05, 4.69) is 0 Å². The Kier molecular flexibility index (Phi) is 5.73. The van der Waals surface area contributed by atoms with Crippen LogP contribution in [-0.2, 0) is 21.2 Å². The van der Waals surface area contributed by atoms with Crippen molar-refractivity contribution in [2.24, 2.45) is 0 Å². The largest absolute Gasteiger partial charge is 0.548 e. The van der Waals surface area contributed by atoms with E-state index in [1.165, 1.54) is 0 Å². The number of non-ortho nitro benzene ring substituents is 1. The van der Waals surface area contributed by atoms with Crippen LogP contribution >= 0.6 is 11.6 Å². The molecule has 0 unspecified atom stereocenters. The quantitative estimate of drug-likeness (QED) is 0.558. The summed E-state index contributed by atoms with van der Waals surface area (Å²) in [5.74, 6) is -1.61. The zero-order valence-electron chi connectivity index (χ0n) is 12.6. The number of nitro benzene ring substituents is 1. The zero-order chi connectivity index (χ0) is 18.6. The minimum absolute atomic E-state index is 0.132. The van der Waals surface area contributed by atoms with Gasteiger partial charge in [-0.1, -0.05) is 41.9 Å². The summed E-state index contributed by atoms with van der Waals surface area (Å²) < 4.78 is 26.8. The fourth-order valence-corrected chi connectivity index (χ4v) is 3.82. The second-order valence-electron chi connectivity index (χ2n) is 5.05. The predicted molar refractivity (Wildman–Crippen MR) is 87.4 cm³/mol. The van der Waals surface area contributed by atoms with Gasteiger partial charge in [-0.25, -0.2) is 13.1 Å². The molecule has 0 saturated carbocycles. The second kappa shape index (κ2) is 7.60. The van der Waals surface area contributed by atoms with Crippen LogP contribution in [0.4, 0.5) is 5.69 Å². The number of rotatable bonds is 7. The van der Waals surface area contributed by atoms with Crippen LogP contribution in [0.1, 0.15) is 5.56 Å². The molecular weight excluding hydrogens is 372 g/mol. The first-order valence-corrected chi connectivity index (χ1v) is 8.78. The molecule has 25 heavy (non-hydrogen) atoms. The van der Waals surface area contributed by atoms with Crippen molar-refractivity contribution in [3.63, 3.8) is 0 Å². The molecule has 0 heterocycles. The first-order chi connectivity index (χ1) is 11.7. The first kappa shape index (κ1) is 18.8. The van der Waals surface area contributed by atoms with Gasteiger partial charge in [-0.2, -0.15) is 0 Å². The zero-order valence-corrected chi connectivity index (χ0v) is 14.2. The average molecular weight is 384 g/mol. The highest BCUT2D eigenvalue weighted by atomic mass is 35.5. The molecule has 0 amide bonds. The maximum Gasteiger partial charge on any atom is 0.271 e. The van der Waals surface area contributed by atoms with Crippen molar-refractivity contribution in [1.29, 1.82) is 0 Å². The molecular formula is C15H12ClN2O6S-. The van der Waals surface area contributed by atoms with E-state index < -0.39 is 36.9 Å². The Morgan fingerprint density at radius 1 is 1.20 bits per heavy atom. The smallest absolute Gasteiger partial charge is 0.271 e. The topological polar surface area (TPSA) is 129 Å². The summed E-state index contributed by atoms with van der Waals surface area (Å²) in [6, 6.07) is 9.64. The van der Waals surface area contributed by atoms with Crippen LogP contribution < -0.4 is 9.83 Å². The molecule has 0 aromatic heterocycles. The first-order valence-electron chi connectivity index (χ1n) is 6.92. The van der Waals surface area contributed by atoms with Crippen molar-refractivity contribution < 1.29 is 23.2 Å². The number of hydrogen-bond donors (Lipinski definition) is 1. The lowest BCUT2D eigenvalue weighted by atomic mass is 10.1. The molecule has 8 nitrogen and oxygen atoms in total. The van der Waals surface area contributed by atoms with Gasteiger partial charge in [-0.15, -0.1) is 0 Å². The lowest BCUT2D eigenvalue weighted by Crippen LogP contribution is -2.49. The maximum absolute atomic E-state index is 12.4. The van der Waals surface area contributed by atoms with Gasteiger partial charge in [0, 0.05) is 12.1 Å². The SMILES string of the molecule is O=C([O-])[C@@H](Cc1ccccc1)NS(=O)(=O)c1ccc([N+](=O)[O-])cc1Cl. The van der Waals surface area contributed by atoms with Crippen LogP contribution in [0.25, 0.3) is 0 Å². The number of halogens is 1. The summed E-state index contributed by atoms with van der Waals surface area (Å²) in [4.78, 5) is 20.8. The summed E-state index contributed by atoms with van der Waals surface area (Å²) in [6.07, 6.45) is -0.132. The molecule has 0 aliphatic rings. The molecule has 0 saturated heterocycles. The molecule has 0 radical (unpaired) electrons. The van der Waals surface area contributed by atoms with E-state index in [-0.39, 0.29) is 12.1 Å². The van der Waals surface area contributed by atoms with E-state index in [0.29, 0.717) is 5.56 Å². The molecule has 0 spiro atoms. The second-order valence-corrected chi connectivity index (χ2v) is 7.14. The van der Waals surface area contributed by atoms with Crippen LogP contribution in [0.2, 0.25) is 5.02 Å². The fourth-order valence-electron chi connectivity index (χ4n) is 2.09. The fraction of sp³-hybridized carbons (Fsp3) is 0.133. The third-order valence-corrected chi connectivity index (χ3v) is 5.23. The van der Waals surface area contributed by atoms with Crippen LogP contribution in [0.3, 0.4) is 0 Å². The van der Waals surface area contributed by atoms with Gasteiger partial charge in [0.15, 0.2) is 0 Å². The van der Waals surface area contributed by atoms with Gasteiger partial charge in [0.25, 0.3) is 5.69 Å². The van der Waals surface area contributed by atoms with Gasteiger partial charge < -0.3 is 9.90 Å². The molecule has 0 bridgehead atoms. The number of nitro groups is 1. The van der Waals surface area contributed by atoms with E-state index in [9.17, 15) is 28.4 Å². The minimum atomic E-state index is -4.32. The molecule has 2 aromatic carbocycles. The van der Waals surface area contributed by atoms with E-state index in [0.717, 1.165) is 18.2 Å². The van der Waals surface area contributed by atoms with Gasteiger partial charge >= 0.3 is 0 Å². The summed E-state index contributed by atoms with van der Waals surface area (Å²) >= 11 is 5.79. The Morgan fingerprint density at radius 3 is 2.36 bits per heavy atom. The third kappa shape index (κ3) is 4.75.